The molecule has 0 radical (unpaired) electrons. The van der Waals surface area contributed by atoms with Gasteiger partial charge in [0.25, 0.3) is 0 Å². The first-order valence-corrected chi connectivity index (χ1v) is 6.74. The van der Waals surface area contributed by atoms with Gasteiger partial charge in [0.2, 0.25) is 5.91 Å². The minimum atomic E-state index is 0.342. The summed E-state index contributed by atoms with van der Waals surface area (Å²) in [5.41, 5.74) is 0. The Morgan fingerprint density at radius 1 is 1.12 bits per heavy atom. The Morgan fingerprint density at radius 2 is 1.75 bits per heavy atom. The van der Waals surface area contributed by atoms with E-state index in [2.05, 4.69) is 16.7 Å². The molecule has 0 N–H and O–H groups in total. The summed E-state index contributed by atoms with van der Waals surface area (Å²) in [5, 5.41) is 0. The summed E-state index contributed by atoms with van der Waals surface area (Å²) >= 11 is 0. The van der Waals surface area contributed by atoms with Crippen molar-refractivity contribution in [2.45, 2.75) is 33.1 Å². The average Bonchev–Trinajstić information content (AvgIpc) is 2.82. The van der Waals surface area contributed by atoms with Crippen LogP contribution in [0.1, 0.15) is 33.1 Å². The molecule has 0 saturated carbocycles. The van der Waals surface area contributed by atoms with Gasteiger partial charge in [0, 0.05) is 32.6 Å². The van der Waals surface area contributed by atoms with E-state index in [1.165, 1.54) is 32.5 Å². The number of fused-ring (bicyclic) bond motifs is 1. The molecule has 0 spiro atoms. The minimum Gasteiger partial charge on any atom is -0.342 e. The molecule has 2 aliphatic heterocycles. The van der Waals surface area contributed by atoms with E-state index in [4.69, 9.17) is 0 Å². The fraction of sp³-hybridized carbons (Fsp3) is 0.923. The first kappa shape index (κ1) is 11.9. The summed E-state index contributed by atoms with van der Waals surface area (Å²) in [4.78, 5) is 16.3. The van der Waals surface area contributed by atoms with Crippen LogP contribution in [0.3, 0.4) is 0 Å². The lowest BCUT2D eigenvalue weighted by atomic mass is 10.0. The van der Waals surface area contributed by atoms with Crippen LogP contribution in [0.25, 0.3) is 0 Å². The molecule has 2 aliphatic rings. The van der Waals surface area contributed by atoms with E-state index in [-0.39, 0.29) is 0 Å². The summed E-state index contributed by atoms with van der Waals surface area (Å²) in [7, 11) is 0. The second-order valence-corrected chi connectivity index (χ2v) is 5.29. The van der Waals surface area contributed by atoms with Gasteiger partial charge in [0.1, 0.15) is 0 Å². The molecule has 1 amide bonds. The Balaban J connectivity index is 1.79. The monoisotopic (exact) mass is 224 g/mol. The molecule has 16 heavy (non-hydrogen) atoms. The molecule has 2 saturated heterocycles. The highest BCUT2D eigenvalue weighted by molar-refractivity contribution is 5.76. The molecule has 2 heterocycles. The zero-order chi connectivity index (χ0) is 11.5. The quantitative estimate of drug-likeness (QED) is 0.724. The molecule has 2 rings (SSSR count). The fourth-order valence-electron chi connectivity index (χ4n) is 3.08. The van der Waals surface area contributed by atoms with Crippen LogP contribution in [0.4, 0.5) is 0 Å². The van der Waals surface area contributed by atoms with Crippen LogP contribution in [0.15, 0.2) is 0 Å². The van der Waals surface area contributed by atoms with Gasteiger partial charge >= 0.3 is 0 Å². The number of rotatable bonds is 4. The average molecular weight is 224 g/mol. The highest BCUT2D eigenvalue weighted by Crippen LogP contribution is 2.31. The van der Waals surface area contributed by atoms with Crippen LogP contribution in [0.5, 0.6) is 0 Å². The van der Waals surface area contributed by atoms with E-state index in [9.17, 15) is 4.79 Å². The summed E-state index contributed by atoms with van der Waals surface area (Å²) < 4.78 is 0. The van der Waals surface area contributed by atoms with E-state index >= 15 is 0 Å². The van der Waals surface area contributed by atoms with Gasteiger partial charge in [0.15, 0.2) is 0 Å². The second-order valence-electron chi connectivity index (χ2n) is 5.29. The van der Waals surface area contributed by atoms with Gasteiger partial charge in [-0.3, -0.25) is 4.79 Å². The molecule has 0 unspecified atom stereocenters. The Kier molecular flexibility index (Phi) is 3.85. The molecule has 0 aromatic heterocycles. The molecular weight excluding hydrogens is 200 g/mol. The first-order chi connectivity index (χ1) is 7.74. The van der Waals surface area contributed by atoms with Crippen LogP contribution in [0.2, 0.25) is 0 Å². The zero-order valence-electron chi connectivity index (χ0n) is 10.6. The van der Waals surface area contributed by atoms with Crippen molar-refractivity contribution in [2.75, 3.05) is 32.7 Å². The Morgan fingerprint density at radius 3 is 2.25 bits per heavy atom. The molecule has 0 bridgehead atoms. The van der Waals surface area contributed by atoms with Gasteiger partial charge in [-0.1, -0.05) is 20.3 Å². The maximum absolute atomic E-state index is 11.6. The van der Waals surface area contributed by atoms with E-state index in [0.29, 0.717) is 12.3 Å². The van der Waals surface area contributed by atoms with Crippen LogP contribution >= 0.6 is 0 Å². The van der Waals surface area contributed by atoms with Crippen LogP contribution in [-0.2, 0) is 4.79 Å². The maximum Gasteiger partial charge on any atom is 0.222 e. The normalized spacial score (nSPS) is 29.8. The molecule has 2 fully saturated rings. The van der Waals surface area contributed by atoms with Crippen LogP contribution in [-0.4, -0.2) is 48.4 Å². The Labute approximate surface area is 98.8 Å². The second kappa shape index (κ2) is 5.17. The third-order valence-corrected chi connectivity index (χ3v) is 4.04. The number of carbonyl (C=O) groups excluding carboxylic acids is 1. The van der Waals surface area contributed by atoms with Gasteiger partial charge in [-0.15, -0.1) is 0 Å². The number of likely N-dealkylation sites (tertiary alicyclic amines) is 2. The van der Waals surface area contributed by atoms with Crippen molar-refractivity contribution in [2.24, 2.45) is 11.8 Å². The lowest BCUT2D eigenvalue weighted by Crippen LogP contribution is -2.33. The van der Waals surface area contributed by atoms with Crippen molar-refractivity contribution < 1.29 is 4.79 Å². The van der Waals surface area contributed by atoms with Crippen molar-refractivity contribution in [3.63, 3.8) is 0 Å². The lowest BCUT2D eigenvalue weighted by molar-refractivity contribution is -0.130. The smallest absolute Gasteiger partial charge is 0.222 e. The molecule has 3 heteroatoms. The standard InChI is InChI=1S/C13H24N2O/c1-3-5-6-14-7-11-9-15(13(16)4-2)10-12(11)8-14/h11-12H,3-10H2,1-2H3/t11-,12+. The van der Waals surface area contributed by atoms with Crippen LogP contribution < -0.4 is 0 Å². The van der Waals surface area contributed by atoms with Gasteiger partial charge < -0.3 is 9.80 Å². The Hall–Kier alpha value is -0.570. The molecule has 2 atom stereocenters. The predicted molar refractivity (Wildman–Crippen MR) is 65.2 cm³/mol. The Bertz CT molecular complexity index is 240. The summed E-state index contributed by atoms with van der Waals surface area (Å²) in [5.74, 6) is 1.86. The summed E-state index contributed by atoms with van der Waals surface area (Å²) in [6.07, 6.45) is 3.27. The van der Waals surface area contributed by atoms with Gasteiger partial charge in [0.05, 0.1) is 0 Å². The molecule has 3 nitrogen and oxygen atoms in total. The fourth-order valence-corrected chi connectivity index (χ4v) is 3.08. The number of hydrogen-bond donors (Lipinski definition) is 0. The predicted octanol–water partition coefficient (Wildman–Crippen LogP) is 1.59. The SMILES string of the molecule is CCCCN1C[C@@H]2CN(C(=O)CC)C[C@@H]2C1. The third kappa shape index (κ3) is 2.40. The van der Waals surface area contributed by atoms with Crippen molar-refractivity contribution in [1.82, 2.24) is 9.80 Å². The molecule has 92 valence electrons. The number of unbranched alkanes of at least 4 members (excludes halogenated alkanes) is 1. The van der Waals surface area contributed by atoms with Crippen molar-refractivity contribution in [3.8, 4) is 0 Å². The highest BCUT2D eigenvalue weighted by Gasteiger charge is 2.40. The van der Waals surface area contributed by atoms with Gasteiger partial charge in [-0.05, 0) is 24.8 Å². The van der Waals surface area contributed by atoms with Crippen molar-refractivity contribution >= 4 is 5.91 Å². The maximum atomic E-state index is 11.6. The lowest BCUT2D eigenvalue weighted by Gasteiger charge is -2.21. The van der Waals surface area contributed by atoms with E-state index < -0.39 is 0 Å². The third-order valence-electron chi connectivity index (χ3n) is 4.04. The van der Waals surface area contributed by atoms with E-state index in [1.54, 1.807) is 0 Å². The molecule has 0 aromatic rings. The van der Waals surface area contributed by atoms with E-state index in [0.717, 1.165) is 24.9 Å². The number of amides is 1. The number of hydrogen-bond acceptors (Lipinski definition) is 2. The molecule has 0 aromatic carbocycles. The topological polar surface area (TPSA) is 23.6 Å². The highest BCUT2D eigenvalue weighted by atomic mass is 16.2. The summed E-state index contributed by atoms with van der Waals surface area (Å²) in [6, 6.07) is 0. The van der Waals surface area contributed by atoms with Crippen LogP contribution in [0, 0.1) is 11.8 Å². The van der Waals surface area contributed by atoms with Crippen molar-refractivity contribution in [1.29, 1.82) is 0 Å². The van der Waals surface area contributed by atoms with Gasteiger partial charge in [-0.25, -0.2) is 0 Å². The number of nitrogens with zero attached hydrogens (tertiary/aromatic N) is 2. The minimum absolute atomic E-state index is 0.342. The molecule has 0 aliphatic carbocycles. The van der Waals surface area contributed by atoms with Gasteiger partial charge in [-0.2, -0.15) is 0 Å². The van der Waals surface area contributed by atoms with E-state index in [1.807, 2.05) is 6.92 Å². The first-order valence-electron chi connectivity index (χ1n) is 6.74. The summed E-state index contributed by atoms with van der Waals surface area (Å²) in [6.45, 7) is 9.93. The number of carbonyl (C=O) groups is 1. The van der Waals surface area contributed by atoms with Crippen molar-refractivity contribution in [3.05, 3.63) is 0 Å². The zero-order valence-corrected chi connectivity index (χ0v) is 10.6. The largest absolute Gasteiger partial charge is 0.342 e. The molecular formula is C13H24N2O.